The molecule has 0 aromatic carbocycles. The minimum Gasteiger partial charge on any atom is -0.463 e. The lowest BCUT2D eigenvalue weighted by molar-refractivity contribution is 0.111. The zero-order valence-electron chi connectivity index (χ0n) is 6.78. The van der Waals surface area contributed by atoms with Crippen molar-refractivity contribution < 1.29 is 13.5 Å². The van der Waals surface area contributed by atoms with Gasteiger partial charge in [-0.25, -0.2) is 18.7 Å². The summed E-state index contributed by atoms with van der Waals surface area (Å²) in [5, 5.41) is 0. The molecule has 72 valence electrons. The number of nitrogens with zero attached hydrogens (tertiary/aromatic N) is 2. The van der Waals surface area contributed by atoms with Gasteiger partial charge in [0.15, 0.2) is 0 Å². The monoisotopic (exact) mass is 189 g/mol. The van der Waals surface area contributed by atoms with Crippen molar-refractivity contribution >= 4 is 5.69 Å². The number of hydrogen-bond donors (Lipinski definition) is 1. The predicted octanol–water partition coefficient (Wildman–Crippen LogP) is 1.09. The summed E-state index contributed by atoms with van der Waals surface area (Å²) in [5.74, 6) is 0. The van der Waals surface area contributed by atoms with Crippen LogP contribution in [-0.4, -0.2) is 23.0 Å². The smallest absolute Gasteiger partial charge is 0.316 e. The Kier molecular flexibility index (Phi) is 3.36. The third-order valence-electron chi connectivity index (χ3n) is 1.22. The first-order chi connectivity index (χ1) is 6.18. The fraction of sp³-hybridized carbons (Fsp3) is 0.429. The standard InChI is InChI=1S/C7H9F2N3O/c8-6(9)1-2-13-7-11-3-5(10)4-12-7/h3-4,6H,1-2,10H2. The average Bonchev–Trinajstić information content (AvgIpc) is 2.08. The molecule has 0 aliphatic carbocycles. The van der Waals surface area contributed by atoms with Crippen molar-refractivity contribution in [1.82, 2.24) is 9.97 Å². The van der Waals surface area contributed by atoms with E-state index < -0.39 is 6.43 Å². The van der Waals surface area contributed by atoms with Crippen LogP contribution in [0.3, 0.4) is 0 Å². The zero-order chi connectivity index (χ0) is 9.68. The Morgan fingerprint density at radius 1 is 1.38 bits per heavy atom. The molecule has 0 saturated carbocycles. The lowest BCUT2D eigenvalue weighted by atomic mass is 10.5. The Bertz CT molecular complexity index is 252. The van der Waals surface area contributed by atoms with Crippen LogP contribution < -0.4 is 10.5 Å². The van der Waals surface area contributed by atoms with Gasteiger partial charge in [0.1, 0.15) is 0 Å². The van der Waals surface area contributed by atoms with Crippen LogP contribution in [0.2, 0.25) is 0 Å². The Labute approximate surface area is 73.8 Å². The number of halogens is 2. The van der Waals surface area contributed by atoms with Crippen LogP contribution in [0.15, 0.2) is 12.4 Å². The summed E-state index contributed by atoms with van der Waals surface area (Å²) in [6.45, 7) is -0.0957. The lowest BCUT2D eigenvalue weighted by Crippen LogP contribution is -2.05. The quantitative estimate of drug-likeness (QED) is 0.770. The number of aromatic nitrogens is 2. The topological polar surface area (TPSA) is 61.0 Å². The molecule has 0 spiro atoms. The lowest BCUT2D eigenvalue weighted by Gasteiger charge is -2.02. The van der Waals surface area contributed by atoms with Crippen molar-refractivity contribution in [2.45, 2.75) is 12.8 Å². The highest BCUT2D eigenvalue weighted by atomic mass is 19.3. The molecule has 13 heavy (non-hydrogen) atoms. The van der Waals surface area contributed by atoms with E-state index in [0.717, 1.165) is 0 Å². The maximum atomic E-state index is 11.7. The van der Waals surface area contributed by atoms with E-state index >= 15 is 0 Å². The molecule has 1 aromatic rings. The second kappa shape index (κ2) is 4.54. The molecule has 0 aliphatic heterocycles. The molecule has 0 fully saturated rings. The minimum absolute atomic E-state index is 0.0647. The fourth-order valence-electron chi connectivity index (χ4n) is 0.640. The van der Waals surface area contributed by atoms with Crippen LogP contribution in [0.4, 0.5) is 14.5 Å². The Hall–Kier alpha value is -1.46. The molecule has 6 heteroatoms. The predicted molar refractivity (Wildman–Crippen MR) is 42.6 cm³/mol. The molecule has 2 N–H and O–H groups in total. The van der Waals surface area contributed by atoms with Gasteiger partial charge in [-0.15, -0.1) is 0 Å². The van der Waals surface area contributed by atoms with Crippen molar-refractivity contribution in [1.29, 1.82) is 0 Å². The molecule has 1 rings (SSSR count). The number of nitrogens with two attached hydrogens (primary N) is 1. The molecule has 0 radical (unpaired) electrons. The average molecular weight is 189 g/mol. The van der Waals surface area contributed by atoms with Crippen LogP contribution >= 0.6 is 0 Å². The normalized spacial score (nSPS) is 10.4. The van der Waals surface area contributed by atoms with Gasteiger partial charge >= 0.3 is 6.01 Å². The fourth-order valence-corrected chi connectivity index (χ4v) is 0.640. The molecule has 1 aromatic heterocycles. The second-order valence-corrected chi connectivity index (χ2v) is 2.33. The first-order valence-corrected chi connectivity index (χ1v) is 3.67. The van der Waals surface area contributed by atoms with Gasteiger partial charge in [-0.05, 0) is 0 Å². The van der Waals surface area contributed by atoms with Gasteiger partial charge in [-0.2, -0.15) is 0 Å². The summed E-state index contributed by atoms with van der Waals surface area (Å²) in [5.41, 5.74) is 5.71. The second-order valence-electron chi connectivity index (χ2n) is 2.33. The van der Waals surface area contributed by atoms with E-state index in [4.69, 9.17) is 10.5 Å². The number of alkyl halides is 2. The van der Waals surface area contributed by atoms with E-state index in [-0.39, 0.29) is 19.0 Å². The van der Waals surface area contributed by atoms with Crippen molar-refractivity contribution in [3.05, 3.63) is 12.4 Å². The molecular formula is C7H9F2N3O. The van der Waals surface area contributed by atoms with Crippen molar-refractivity contribution in [2.24, 2.45) is 0 Å². The summed E-state index contributed by atoms with van der Waals surface area (Å²) in [6.07, 6.45) is 0.0113. The van der Waals surface area contributed by atoms with Gasteiger partial charge in [-0.1, -0.05) is 0 Å². The third-order valence-corrected chi connectivity index (χ3v) is 1.22. The van der Waals surface area contributed by atoms with Crippen molar-refractivity contribution in [2.75, 3.05) is 12.3 Å². The molecule has 1 heterocycles. The van der Waals surface area contributed by atoms with Gasteiger partial charge in [0.25, 0.3) is 0 Å². The SMILES string of the molecule is Nc1cnc(OCCC(F)F)nc1. The minimum atomic E-state index is -2.37. The van der Waals surface area contributed by atoms with Crippen LogP contribution in [0, 0.1) is 0 Å². The Morgan fingerprint density at radius 3 is 2.54 bits per heavy atom. The highest BCUT2D eigenvalue weighted by Gasteiger charge is 2.03. The summed E-state index contributed by atoms with van der Waals surface area (Å²) < 4.78 is 28.1. The molecule has 0 aliphatic rings. The molecule has 0 atom stereocenters. The van der Waals surface area contributed by atoms with E-state index in [1.54, 1.807) is 0 Å². The largest absolute Gasteiger partial charge is 0.463 e. The van der Waals surface area contributed by atoms with E-state index in [0.29, 0.717) is 5.69 Å². The number of hydrogen-bond acceptors (Lipinski definition) is 4. The van der Waals surface area contributed by atoms with Crippen LogP contribution in [-0.2, 0) is 0 Å². The van der Waals surface area contributed by atoms with Gasteiger partial charge < -0.3 is 10.5 Å². The maximum Gasteiger partial charge on any atom is 0.316 e. The third kappa shape index (κ3) is 3.64. The van der Waals surface area contributed by atoms with Crippen LogP contribution in [0.1, 0.15) is 6.42 Å². The van der Waals surface area contributed by atoms with E-state index in [1.165, 1.54) is 12.4 Å². The highest BCUT2D eigenvalue weighted by Crippen LogP contribution is 2.05. The summed E-state index contributed by atoms with van der Waals surface area (Å²) in [7, 11) is 0. The van der Waals surface area contributed by atoms with E-state index in [9.17, 15) is 8.78 Å². The Balaban J connectivity index is 2.33. The number of nitrogen functional groups attached to an aromatic ring is 1. The number of anilines is 1. The molecule has 4 nitrogen and oxygen atoms in total. The van der Waals surface area contributed by atoms with Gasteiger partial charge in [-0.3, -0.25) is 0 Å². The van der Waals surface area contributed by atoms with Gasteiger partial charge in [0.2, 0.25) is 6.43 Å². The molecule has 0 bridgehead atoms. The maximum absolute atomic E-state index is 11.7. The molecule has 0 amide bonds. The van der Waals surface area contributed by atoms with Crippen LogP contribution in [0.5, 0.6) is 6.01 Å². The molecule has 0 saturated heterocycles. The molecular weight excluding hydrogens is 180 g/mol. The summed E-state index contributed by atoms with van der Waals surface area (Å²) >= 11 is 0. The number of rotatable bonds is 4. The first kappa shape index (κ1) is 9.63. The van der Waals surface area contributed by atoms with Gasteiger partial charge in [0.05, 0.1) is 24.7 Å². The number of ether oxygens (including phenoxy) is 1. The van der Waals surface area contributed by atoms with Crippen LogP contribution in [0.25, 0.3) is 0 Å². The molecule has 0 unspecified atom stereocenters. The zero-order valence-corrected chi connectivity index (χ0v) is 6.78. The van der Waals surface area contributed by atoms with E-state index in [2.05, 4.69) is 9.97 Å². The first-order valence-electron chi connectivity index (χ1n) is 3.67. The Morgan fingerprint density at radius 2 is 2.00 bits per heavy atom. The van der Waals surface area contributed by atoms with E-state index in [1.807, 2.05) is 0 Å². The van der Waals surface area contributed by atoms with Crippen molar-refractivity contribution in [3.8, 4) is 6.01 Å². The highest BCUT2D eigenvalue weighted by molar-refractivity contribution is 5.30. The van der Waals surface area contributed by atoms with Crippen molar-refractivity contribution in [3.63, 3.8) is 0 Å². The van der Waals surface area contributed by atoms with Gasteiger partial charge in [0, 0.05) is 6.42 Å². The summed E-state index contributed by atoms with van der Waals surface area (Å²) in [6, 6.07) is 0.0647. The summed E-state index contributed by atoms with van der Waals surface area (Å²) in [4.78, 5) is 7.34.